The smallest absolute Gasteiger partial charge is 0.340 e. The quantitative estimate of drug-likeness (QED) is 0.384. The Hall–Kier alpha value is -2.11. The minimum absolute atomic E-state index is 0.0247. The zero-order valence-corrected chi connectivity index (χ0v) is 10.5. The fraction of sp³-hybridized carbons (Fsp3) is 0.417. The van der Waals surface area contributed by atoms with Crippen molar-refractivity contribution in [2.45, 2.75) is 26.9 Å². The zero-order chi connectivity index (χ0) is 13.9. The predicted molar refractivity (Wildman–Crippen MR) is 67.2 cm³/mol. The highest BCUT2D eigenvalue weighted by Gasteiger charge is 2.19. The molecule has 0 amide bonds. The lowest BCUT2D eigenvalue weighted by Crippen LogP contribution is -2.21. The van der Waals surface area contributed by atoms with Crippen LogP contribution in [0.4, 0.5) is 11.4 Å². The molecule has 0 aliphatic rings. The lowest BCUT2D eigenvalue weighted by atomic mass is 10.1. The third-order valence-electron chi connectivity index (χ3n) is 2.70. The van der Waals surface area contributed by atoms with Crippen LogP contribution < -0.4 is 5.73 Å². The number of hydrogen-bond donors (Lipinski definition) is 1. The largest absolute Gasteiger partial charge is 0.459 e. The Bertz CT molecular complexity index is 471. The predicted octanol–water partition coefficient (Wildman–Crippen LogP) is 2.38. The van der Waals surface area contributed by atoms with Gasteiger partial charge in [0, 0.05) is 17.8 Å². The lowest BCUT2D eigenvalue weighted by Gasteiger charge is -2.17. The van der Waals surface area contributed by atoms with Crippen molar-refractivity contribution >= 4 is 17.3 Å². The van der Waals surface area contributed by atoms with Crippen molar-refractivity contribution in [1.29, 1.82) is 0 Å². The molecule has 1 aromatic rings. The maximum Gasteiger partial charge on any atom is 0.340 e. The average Bonchev–Trinajstić information content (AvgIpc) is 2.28. The fourth-order valence-corrected chi connectivity index (χ4v) is 1.20. The van der Waals surface area contributed by atoms with Crippen molar-refractivity contribution in [2.75, 3.05) is 5.73 Å². The molecule has 0 radical (unpaired) electrons. The molecule has 0 aliphatic carbocycles. The Kier molecular flexibility index (Phi) is 4.25. The van der Waals surface area contributed by atoms with Crippen LogP contribution in [0.25, 0.3) is 0 Å². The lowest BCUT2D eigenvalue weighted by molar-refractivity contribution is -0.384. The first-order chi connectivity index (χ1) is 8.32. The van der Waals surface area contributed by atoms with Crippen molar-refractivity contribution in [2.24, 2.45) is 5.92 Å². The van der Waals surface area contributed by atoms with Gasteiger partial charge in [-0.2, -0.15) is 0 Å². The number of hydrogen-bond acceptors (Lipinski definition) is 5. The van der Waals surface area contributed by atoms with Gasteiger partial charge in [0.1, 0.15) is 6.10 Å². The first-order valence-electron chi connectivity index (χ1n) is 5.57. The van der Waals surface area contributed by atoms with Crippen LogP contribution in [0.3, 0.4) is 0 Å². The molecule has 98 valence electrons. The molecule has 1 atom stereocenters. The molecule has 0 bridgehead atoms. The number of non-ortho nitro benzene ring substituents is 1. The molecular weight excluding hydrogens is 236 g/mol. The first kappa shape index (κ1) is 14.0. The molecule has 0 saturated carbocycles. The van der Waals surface area contributed by atoms with Crippen LogP contribution in [0.2, 0.25) is 0 Å². The Morgan fingerprint density at radius 3 is 2.50 bits per heavy atom. The number of carbonyl (C=O) groups excluding carboxylic acids is 1. The molecule has 18 heavy (non-hydrogen) atoms. The van der Waals surface area contributed by atoms with Gasteiger partial charge in [0.15, 0.2) is 0 Å². The highest BCUT2D eigenvalue weighted by Crippen LogP contribution is 2.21. The van der Waals surface area contributed by atoms with E-state index < -0.39 is 10.9 Å². The topological polar surface area (TPSA) is 95.5 Å². The Balaban J connectivity index is 2.98. The van der Waals surface area contributed by atoms with Crippen molar-refractivity contribution < 1.29 is 14.5 Å². The SMILES string of the molecule is CC(C)C(C)OC(=O)c1cc([N+](=O)[O-])ccc1N. The van der Waals surface area contributed by atoms with Crippen molar-refractivity contribution in [3.05, 3.63) is 33.9 Å². The summed E-state index contributed by atoms with van der Waals surface area (Å²) in [6.07, 6.45) is -0.281. The van der Waals surface area contributed by atoms with Crippen LogP contribution in [0.5, 0.6) is 0 Å². The number of ether oxygens (including phenoxy) is 1. The second-order valence-corrected chi connectivity index (χ2v) is 4.38. The van der Waals surface area contributed by atoms with Crippen LogP contribution in [-0.2, 0) is 4.74 Å². The van der Waals surface area contributed by atoms with Gasteiger partial charge < -0.3 is 10.5 Å². The third-order valence-corrected chi connectivity index (χ3v) is 2.70. The van der Waals surface area contributed by atoms with Gasteiger partial charge in [0.05, 0.1) is 10.5 Å². The fourth-order valence-electron chi connectivity index (χ4n) is 1.20. The number of nitro groups is 1. The Morgan fingerprint density at radius 2 is 2.00 bits per heavy atom. The van der Waals surface area contributed by atoms with E-state index in [0.29, 0.717) is 0 Å². The van der Waals surface area contributed by atoms with Crippen LogP contribution in [0.15, 0.2) is 18.2 Å². The highest BCUT2D eigenvalue weighted by atomic mass is 16.6. The number of anilines is 1. The molecule has 0 fully saturated rings. The van der Waals surface area contributed by atoms with Gasteiger partial charge >= 0.3 is 5.97 Å². The van der Waals surface area contributed by atoms with Crippen molar-refractivity contribution in [1.82, 2.24) is 0 Å². The maximum atomic E-state index is 11.8. The van der Waals surface area contributed by atoms with Gasteiger partial charge in [0.25, 0.3) is 5.69 Å². The monoisotopic (exact) mass is 252 g/mol. The highest BCUT2D eigenvalue weighted by molar-refractivity contribution is 5.95. The molecule has 0 heterocycles. The van der Waals surface area contributed by atoms with E-state index in [4.69, 9.17) is 10.5 Å². The zero-order valence-electron chi connectivity index (χ0n) is 10.5. The summed E-state index contributed by atoms with van der Waals surface area (Å²) in [4.78, 5) is 21.9. The second-order valence-electron chi connectivity index (χ2n) is 4.38. The van der Waals surface area contributed by atoms with E-state index in [2.05, 4.69) is 0 Å². The van der Waals surface area contributed by atoms with Gasteiger partial charge in [-0.25, -0.2) is 4.79 Å². The van der Waals surface area contributed by atoms with Gasteiger partial charge in [-0.3, -0.25) is 10.1 Å². The number of nitrogens with two attached hydrogens (primary N) is 1. The summed E-state index contributed by atoms with van der Waals surface area (Å²) in [5.74, 6) is -0.480. The standard InChI is InChI=1S/C12H16N2O4/c1-7(2)8(3)18-12(15)10-6-9(14(16)17)4-5-11(10)13/h4-8H,13H2,1-3H3. The number of carbonyl (C=O) groups is 1. The van der Waals surface area contributed by atoms with Gasteiger partial charge in [-0.05, 0) is 18.9 Å². The molecular formula is C12H16N2O4. The van der Waals surface area contributed by atoms with E-state index in [1.54, 1.807) is 6.92 Å². The van der Waals surface area contributed by atoms with Crippen LogP contribution in [-0.4, -0.2) is 17.0 Å². The average molecular weight is 252 g/mol. The molecule has 1 rings (SSSR count). The van der Waals surface area contributed by atoms with Crippen molar-refractivity contribution in [3.8, 4) is 0 Å². The van der Waals surface area contributed by atoms with Crippen LogP contribution in [0, 0.1) is 16.0 Å². The number of nitro benzene ring substituents is 1. The summed E-state index contributed by atoms with van der Waals surface area (Å²) in [6.45, 7) is 5.58. The van der Waals surface area contributed by atoms with Gasteiger partial charge in [0.2, 0.25) is 0 Å². The summed E-state index contributed by atoms with van der Waals surface area (Å²) in [5.41, 5.74) is 5.63. The van der Waals surface area contributed by atoms with Crippen molar-refractivity contribution in [3.63, 3.8) is 0 Å². The van der Waals surface area contributed by atoms with Crippen LogP contribution in [0.1, 0.15) is 31.1 Å². The van der Waals surface area contributed by atoms with E-state index in [-0.39, 0.29) is 29.0 Å². The molecule has 2 N–H and O–H groups in total. The molecule has 6 nitrogen and oxygen atoms in total. The number of esters is 1. The second kappa shape index (κ2) is 5.48. The minimum atomic E-state index is -0.641. The number of nitrogens with zero attached hydrogens (tertiary/aromatic N) is 1. The summed E-state index contributed by atoms with van der Waals surface area (Å²) < 4.78 is 5.17. The summed E-state index contributed by atoms with van der Waals surface area (Å²) in [7, 11) is 0. The van der Waals surface area contributed by atoms with E-state index in [1.165, 1.54) is 12.1 Å². The molecule has 0 spiro atoms. The molecule has 1 unspecified atom stereocenters. The molecule has 0 aromatic heterocycles. The third kappa shape index (κ3) is 3.19. The molecule has 1 aromatic carbocycles. The Labute approximate surface area is 105 Å². The molecule has 0 aliphatic heterocycles. The number of benzene rings is 1. The first-order valence-corrected chi connectivity index (χ1v) is 5.57. The molecule has 0 saturated heterocycles. The van der Waals surface area contributed by atoms with Gasteiger partial charge in [-0.15, -0.1) is 0 Å². The summed E-state index contributed by atoms with van der Waals surface area (Å²) >= 11 is 0. The molecule has 6 heteroatoms. The van der Waals surface area contributed by atoms with E-state index in [9.17, 15) is 14.9 Å². The van der Waals surface area contributed by atoms with Gasteiger partial charge in [-0.1, -0.05) is 13.8 Å². The summed E-state index contributed by atoms with van der Waals surface area (Å²) in [5, 5.41) is 10.6. The van der Waals surface area contributed by atoms with E-state index >= 15 is 0 Å². The normalized spacial score (nSPS) is 12.2. The number of nitrogen functional groups attached to an aromatic ring is 1. The number of rotatable bonds is 4. The van der Waals surface area contributed by atoms with E-state index in [1.807, 2.05) is 13.8 Å². The minimum Gasteiger partial charge on any atom is -0.459 e. The Morgan fingerprint density at radius 1 is 1.39 bits per heavy atom. The van der Waals surface area contributed by atoms with E-state index in [0.717, 1.165) is 6.07 Å². The maximum absolute atomic E-state index is 11.8. The van der Waals surface area contributed by atoms with Crippen LogP contribution >= 0.6 is 0 Å². The summed E-state index contributed by atoms with van der Waals surface area (Å²) in [6, 6.07) is 3.71.